The van der Waals surface area contributed by atoms with Gasteiger partial charge in [-0.05, 0) is 32.4 Å². The number of aryl methyl sites for hydroxylation is 2. The van der Waals surface area contributed by atoms with Gasteiger partial charge in [0.15, 0.2) is 0 Å². The van der Waals surface area contributed by atoms with E-state index in [0.717, 1.165) is 13.0 Å². The summed E-state index contributed by atoms with van der Waals surface area (Å²) in [6.45, 7) is 4.14. The number of rotatable bonds is 5. The summed E-state index contributed by atoms with van der Waals surface area (Å²) in [6, 6.07) is 0.972. The number of carboxylic acids is 1. The van der Waals surface area contributed by atoms with E-state index >= 15 is 0 Å². The van der Waals surface area contributed by atoms with Crippen molar-refractivity contribution in [3.63, 3.8) is 0 Å². The van der Waals surface area contributed by atoms with E-state index in [0.29, 0.717) is 11.1 Å². The SMILES string of the molecule is Cc1cc(C)c(S(=O)(=O)NC(C)C(=O)O)cc1[N+](=O)[O-]. The average Bonchev–Trinajstić information content (AvgIpc) is 2.26. The highest BCUT2D eigenvalue weighted by molar-refractivity contribution is 7.89. The van der Waals surface area contributed by atoms with E-state index < -0.39 is 27.0 Å². The Labute approximate surface area is 115 Å². The fourth-order valence-electron chi connectivity index (χ4n) is 1.65. The molecule has 110 valence electrons. The molecule has 0 bridgehead atoms. The van der Waals surface area contributed by atoms with Gasteiger partial charge in [-0.2, -0.15) is 4.72 Å². The maximum atomic E-state index is 12.1. The molecular weight excluding hydrogens is 288 g/mol. The maximum absolute atomic E-state index is 12.1. The fraction of sp³-hybridized carbons (Fsp3) is 0.364. The zero-order valence-electron chi connectivity index (χ0n) is 11.1. The summed E-state index contributed by atoms with van der Waals surface area (Å²) in [5.74, 6) is -1.34. The number of nitrogens with zero attached hydrogens (tertiary/aromatic N) is 1. The van der Waals surface area contributed by atoms with Gasteiger partial charge in [0.2, 0.25) is 10.0 Å². The minimum atomic E-state index is -4.14. The molecule has 0 aliphatic rings. The summed E-state index contributed by atoms with van der Waals surface area (Å²) < 4.78 is 26.1. The van der Waals surface area contributed by atoms with Crippen LogP contribution in [0.2, 0.25) is 0 Å². The molecule has 20 heavy (non-hydrogen) atoms. The van der Waals surface area contributed by atoms with Gasteiger partial charge in [-0.25, -0.2) is 8.42 Å². The second-order valence-corrected chi connectivity index (χ2v) is 6.02. The third kappa shape index (κ3) is 3.31. The van der Waals surface area contributed by atoms with Crippen LogP contribution in [0.3, 0.4) is 0 Å². The average molecular weight is 302 g/mol. The van der Waals surface area contributed by atoms with E-state index in [1.807, 2.05) is 4.72 Å². The summed E-state index contributed by atoms with van der Waals surface area (Å²) >= 11 is 0. The van der Waals surface area contributed by atoms with E-state index in [2.05, 4.69) is 0 Å². The Bertz CT molecular complexity index is 668. The summed E-state index contributed by atoms with van der Waals surface area (Å²) in [4.78, 5) is 20.5. The van der Waals surface area contributed by atoms with Gasteiger partial charge in [-0.15, -0.1) is 0 Å². The van der Waals surface area contributed by atoms with Crippen molar-refractivity contribution in [2.45, 2.75) is 31.7 Å². The molecule has 0 heterocycles. The zero-order valence-corrected chi connectivity index (χ0v) is 11.9. The molecule has 8 nitrogen and oxygen atoms in total. The van der Waals surface area contributed by atoms with E-state index in [1.165, 1.54) is 19.9 Å². The quantitative estimate of drug-likeness (QED) is 0.616. The number of nitro benzene ring substituents is 1. The lowest BCUT2D eigenvalue weighted by molar-refractivity contribution is -0.385. The van der Waals surface area contributed by atoms with Crippen molar-refractivity contribution >= 4 is 21.7 Å². The molecule has 0 spiro atoms. The molecular formula is C11H14N2O6S. The van der Waals surface area contributed by atoms with Crippen LogP contribution in [0.1, 0.15) is 18.1 Å². The summed E-state index contributed by atoms with van der Waals surface area (Å²) in [5.41, 5.74) is 0.301. The van der Waals surface area contributed by atoms with Gasteiger partial charge in [-0.1, -0.05) is 0 Å². The number of carbonyl (C=O) groups is 1. The number of benzene rings is 1. The van der Waals surface area contributed by atoms with Crippen LogP contribution in [0.5, 0.6) is 0 Å². The molecule has 9 heteroatoms. The first-order valence-corrected chi connectivity index (χ1v) is 7.05. The number of sulfonamides is 1. The maximum Gasteiger partial charge on any atom is 0.321 e. The Balaban J connectivity index is 3.35. The van der Waals surface area contributed by atoms with Crippen LogP contribution in [0, 0.1) is 24.0 Å². The van der Waals surface area contributed by atoms with Crippen molar-refractivity contribution in [3.05, 3.63) is 33.4 Å². The highest BCUT2D eigenvalue weighted by Gasteiger charge is 2.26. The minimum absolute atomic E-state index is 0.303. The molecule has 0 fully saturated rings. The predicted octanol–water partition coefficient (Wildman–Crippen LogP) is 0.963. The normalized spacial score (nSPS) is 12.9. The molecule has 0 aliphatic carbocycles. The number of nitrogens with one attached hydrogen (secondary N) is 1. The van der Waals surface area contributed by atoms with Crippen LogP contribution < -0.4 is 4.72 Å². The van der Waals surface area contributed by atoms with Gasteiger partial charge in [0.05, 0.1) is 9.82 Å². The largest absolute Gasteiger partial charge is 0.480 e. The predicted molar refractivity (Wildman–Crippen MR) is 70.0 cm³/mol. The van der Waals surface area contributed by atoms with Gasteiger partial charge in [0.1, 0.15) is 6.04 Å². The van der Waals surface area contributed by atoms with Gasteiger partial charge in [-0.3, -0.25) is 14.9 Å². The molecule has 1 aromatic rings. The van der Waals surface area contributed by atoms with Gasteiger partial charge in [0.25, 0.3) is 5.69 Å². The van der Waals surface area contributed by atoms with E-state index in [9.17, 15) is 23.3 Å². The molecule has 1 unspecified atom stereocenters. The molecule has 0 amide bonds. The number of carboxylic acid groups (broad SMARTS) is 1. The Morgan fingerprint density at radius 1 is 1.35 bits per heavy atom. The third-order valence-electron chi connectivity index (χ3n) is 2.68. The van der Waals surface area contributed by atoms with Crippen LogP contribution in [-0.4, -0.2) is 30.5 Å². The summed E-state index contributed by atoms with van der Waals surface area (Å²) in [5, 5.41) is 19.6. The van der Waals surface area contributed by atoms with E-state index in [-0.39, 0.29) is 10.6 Å². The van der Waals surface area contributed by atoms with Crippen molar-refractivity contribution in [1.29, 1.82) is 0 Å². The summed E-state index contributed by atoms with van der Waals surface area (Å²) in [6.07, 6.45) is 0. The number of nitro groups is 1. The van der Waals surface area contributed by atoms with Gasteiger partial charge >= 0.3 is 5.97 Å². The van der Waals surface area contributed by atoms with Crippen molar-refractivity contribution in [2.75, 3.05) is 0 Å². The van der Waals surface area contributed by atoms with Crippen LogP contribution in [0.15, 0.2) is 17.0 Å². The second kappa shape index (κ2) is 5.55. The minimum Gasteiger partial charge on any atom is -0.480 e. The van der Waals surface area contributed by atoms with E-state index in [1.54, 1.807) is 0 Å². The van der Waals surface area contributed by atoms with Crippen molar-refractivity contribution in [3.8, 4) is 0 Å². The standard InChI is InChI=1S/C11H14N2O6S/c1-6-4-7(2)10(5-9(6)13(16)17)20(18,19)12-8(3)11(14)15/h4-5,8,12H,1-3H3,(H,14,15). The van der Waals surface area contributed by atoms with Crippen molar-refractivity contribution < 1.29 is 23.2 Å². The highest BCUT2D eigenvalue weighted by atomic mass is 32.2. The highest BCUT2D eigenvalue weighted by Crippen LogP contribution is 2.25. The Kier molecular flexibility index (Phi) is 4.46. The molecule has 1 atom stereocenters. The first-order valence-electron chi connectivity index (χ1n) is 5.57. The van der Waals surface area contributed by atoms with Crippen molar-refractivity contribution in [1.82, 2.24) is 4.72 Å². The first-order chi connectivity index (χ1) is 9.06. The number of hydrogen-bond donors (Lipinski definition) is 2. The summed E-state index contributed by atoms with van der Waals surface area (Å²) in [7, 11) is -4.14. The third-order valence-corrected chi connectivity index (χ3v) is 4.36. The molecule has 1 rings (SSSR count). The Morgan fingerprint density at radius 2 is 1.90 bits per heavy atom. The molecule has 0 aliphatic heterocycles. The van der Waals surface area contributed by atoms with Crippen LogP contribution in [0.25, 0.3) is 0 Å². The van der Waals surface area contributed by atoms with Crippen LogP contribution in [-0.2, 0) is 14.8 Å². The zero-order chi connectivity index (χ0) is 15.7. The Hall–Kier alpha value is -2.00. The van der Waals surface area contributed by atoms with Crippen LogP contribution >= 0.6 is 0 Å². The molecule has 0 saturated heterocycles. The van der Waals surface area contributed by atoms with Crippen LogP contribution in [0.4, 0.5) is 5.69 Å². The van der Waals surface area contributed by atoms with Gasteiger partial charge in [0, 0.05) is 11.6 Å². The smallest absolute Gasteiger partial charge is 0.321 e. The monoisotopic (exact) mass is 302 g/mol. The number of hydrogen-bond acceptors (Lipinski definition) is 5. The lowest BCUT2D eigenvalue weighted by Crippen LogP contribution is -2.38. The molecule has 1 aromatic carbocycles. The fourth-order valence-corrected chi connectivity index (χ4v) is 3.10. The van der Waals surface area contributed by atoms with Crippen molar-refractivity contribution in [2.24, 2.45) is 0 Å². The Morgan fingerprint density at radius 3 is 2.35 bits per heavy atom. The second-order valence-electron chi connectivity index (χ2n) is 4.34. The molecule has 0 saturated carbocycles. The first kappa shape index (κ1) is 16.1. The lowest BCUT2D eigenvalue weighted by atomic mass is 10.1. The molecule has 0 radical (unpaired) electrons. The number of aliphatic carboxylic acids is 1. The lowest BCUT2D eigenvalue weighted by Gasteiger charge is -2.12. The van der Waals surface area contributed by atoms with Gasteiger partial charge < -0.3 is 5.11 Å². The molecule has 0 aromatic heterocycles. The molecule has 2 N–H and O–H groups in total. The van der Waals surface area contributed by atoms with E-state index in [4.69, 9.17) is 5.11 Å². The topological polar surface area (TPSA) is 127 Å².